The lowest BCUT2D eigenvalue weighted by atomic mass is 10.2. The van der Waals surface area contributed by atoms with E-state index in [-0.39, 0.29) is 17.4 Å². The van der Waals surface area contributed by atoms with Gasteiger partial charge in [0.25, 0.3) is 5.91 Å². The van der Waals surface area contributed by atoms with Gasteiger partial charge in [0.15, 0.2) is 11.5 Å². The Morgan fingerprint density at radius 2 is 2.05 bits per heavy atom. The molecule has 112 valence electrons. The standard InChI is InChI=1S/C13H18F2N2O3/c1-3-16-6-7-17-12(18)9-4-5-10(20-13(14)15)11(8-9)19-2/h4-5,8,13,16H,3,6-7H2,1-2H3,(H,17,18). The number of ether oxygens (including phenoxy) is 2. The lowest BCUT2D eigenvalue weighted by molar-refractivity contribution is -0.0512. The summed E-state index contributed by atoms with van der Waals surface area (Å²) in [6.07, 6.45) is 0. The highest BCUT2D eigenvalue weighted by atomic mass is 19.3. The summed E-state index contributed by atoms with van der Waals surface area (Å²) >= 11 is 0. The van der Waals surface area contributed by atoms with E-state index in [1.54, 1.807) is 0 Å². The second-order valence-corrected chi connectivity index (χ2v) is 3.85. The molecule has 0 fully saturated rings. The molecule has 2 N–H and O–H groups in total. The van der Waals surface area contributed by atoms with E-state index < -0.39 is 6.61 Å². The van der Waals surface area contributed by atoms with Gasteiger partial charge in [0.2, 0.25) is 0 Å². The number of likely N-dealkylation sites (N-methyl/N-ethyl adjacent to an activating group) is 1. The normalized spacial score (nSPS) is 10.4. The van der Waals surface area contributed by atoms with Crippen LogP contribution < -0.4 is 20.1 Å². The van der Waals surface area contributed by atoms with Crippen LogP contribution >= 0.6 is 0 Å². The number of hydrogen-bond donors (Lipinski definition) is 2. The first-order chi connectivity index (χ1) is 9.58. The quantitative estimate of drug-likeness (QED) is 0.714. The molecule has 0 spiro atoms. The van der Waals surface area contributed by atoms with Gasteiger partial charge < -0.3 is 20.1 Å². The lowest BCUT2D eigenvalue weighted by Gasteiger charge is -2.11. The molecular formula is C13H18F2N2O3. The monoisotopic (exact) mass is 288 g/mol. The molecule has 1 aromatic carbocycles. The van der Waals surface area contributed by atoms with Gasteiger partial charge in [0.1, 0.15) is 0 Å². The SMILES string of the molecule is CCNCCNC(=O)c1ccc(OC(F)F)c(OC)c1. The zero-order valence-electron chi connectivity index (χ0n) is 11.4. The van der Waals surface area contributed by atoms with Gasteiger partial charge >= 0.3 is 6.61 Å². The van der Waals surface area contributed by atoms with E-state index in [4.69, 9.17) is 4.74 Å². The fraction of sp³-hybridized carbons (Fsp3) is 0.462. The largest absolute Gasteiger partial charge is 0.493 e. The van der Waals surface area contributed by atoms with Gasteiger partial charge in [-0.05, 0) is 24.7 Å². The molecule has 5 nitrogen and oxygen atoms in total. The van der Waals surface area contributed by atoms with E-state index in [0.29, 0.717) is 18.7 Å². The number of carbonyl (C=O) groups is 1. The van der Waals surface area contributed by atoms with Crippen LogP contribution in [-0.2, 0) is 0 Å². The third-order valence-corrected chi connectivity index (χ3v) is 2.48. The number of benzene rings is 1. The van der Waals surface area contributed by atoms with Crippen molar-refractivity contribution in [2.75, 3.05) is 26.7 Å². The highest BCUT2D eigenvalue weighted by Crippen LogP contribution is 2.29. The molecule has 0 aliphatic heterocycles. The van der Waals surface area contributed by atoms with Crippen molar-refractivity contribution in [3.8, 4) is 11.5 Å². The molecule has 20 heavy (non-hydrogen) atoms. The number of amides is 1. The van der Waals surface area contributed by atoms with E-state index in [0.717, 1.165) is 6.54 Å². The minimum absolute atomic E-state index is 0.0876. The number of methoxy groups -OCH3 is 1. The predicted octanol–water partition coefficient (Wildman–Crippen LogP) is 1.64. The van der Waals surface area contributed by atoms with Gasteiger partial charge in [-0.25, -0.2) is 0 Å². The molecule has 0 saturated heterocycles. The third-order valence-electron chi connectivity index (χ3n) is 2.48. The van der Waals surface area contributed by atoms with E-state index in [9.17, 15) is 13.6 Å². The van der Waals surface area contributed by atoms with E-state index in [2.05, 4.69) is 15.4 Å². The fourth-order valence-corrected chi connectivity index (χ4v) is 1.55. The first-order valence-electron chi connectivity index (χ1n) is 6.20. The zero-order valence-corrected chi connectivity index (χ0v) is 11.4. The van der Waals surface area contributed by atoms with Crippen LogP contribution in [0.4, 0.5) is 8.78 Å². The maximum absolute atomic E-state index is 12.2. The van der Waals surface area contributed by atoms with Crippen LogP contribution in [0.3, 0.4) is 0 Å². The second-order valence-electron chi connectivity index (χ2n) is 3.85. The Labute approximate surface area is 116 Å². The van der Waals surface area contributed by atoms with Crippen LogP contribution in [-0.4, -0.2) is 39.3 Å². The van der Waals surface area contributed by atoms with Gasteiger partial charge in [-0.2, -0.15) is 8.78 Å². The van der Waals surface area contributed by atoms with Gasteiger partial charge in [0.05, 0.1) is 7.11 Å². The van der Waals surface area contributed by atoms with Crippen molar-refractivity contribution < 1.29 is 23.0 Å². The highest BCUT2D eigenvalue weighted by molar-refractivity contribution is 5.94. The van der Waals surface area contributed by atoms with Crippen molar-refractivity contribution >= 4 is 5.91 Å². The average Bonchev–Trinajstić information content (AvgIpc) is 2.43. The zero-order chi connectivity index (χ0) is 15.0. The van der Waals surface area contributed by atoms with E-state index >= 15 is 0 Å². The molecule has 1 rings (SSSR count). The van der Waals surface area contributed by atoms with Crippen molar-refractivity contribution in [3.63, 3.8) is 0 Å². The molecule has 0 atom stereocenters. The number of hydrogen-bond acceptors (Lipinski definition) is 4. The van der Waals surface area contributed by atoms with Gasteiger partial charge in [-0.15, -0.1) is 0 Å². The Morgan fingerprint density at radius 1 is 1.30 bits per heavy atom. The Balaban J connectivity index is 2.69. The molecule has 0 aliphatic carbocycles. The summed E-state index contributed by atoms with van der Waals surface area (Å²) in [5.74, 6) is -0.318. The number of rotatable bonds is 8. The Bertz CT molecular complexity index is 442. The van der Waals surface area contributed by atoms with Crippen molar-refractivity contribution in [1.29, 1.82) is 0 Å². The van der Waals surface area contributed by atoms with Gasteiger partial charge in [0, 0.05) is 18.7 Å². The number of halogens is 2. The van der Waals surface area contributed by atoms with Gasteiger partial charge in [-0.3, -0.25) is 4.79 Å². The van der Waals surface area contributed by atoms with Crippen LogP contribution in [0.15, 0.2) is 18.2 Å². The van der Waals surface area contributed by atoms with Crippen LogP contribution in [0, 0.1) is 0 Å². The third kappa shape index (κ3) is 5.00. The topological polar surface area (TPSA) is 59.6 Å². The minimum atomic E-state index is -2.94. The molecule has 0 aromatic heterocycles. The van der Waals surface area contributed by atoms with Crippen molar-refractivity contribution in [1.82, 2.24) is 10.6 Å². The maximum atomic E-state index is 12.2. The summed E-state index contributed by atoms with van der Waals surface area (Å²) in [4.78, 5) is 11.8. The summed E-state index contributed by atoms with van der Waals surface area (Å²) in [7, 11) is 1.32. The maximum Gasteiger partial charge on any atom is 0.387 e. The minimum Gasteiger partial charge on any atom is -0.493 e. The molecule has 0 heterocycles. The molecule has 0 radical (unpaired) electrons. The van der Waals surface area contributed by atoms with Gasteiger partial charge in [-0.1, -0.05) is 6.92 Å². The number of alkyl halides is 2. The first kappa shape index (κ1) is 16.2. The molecule has 0 unspecified atom stereocenters. The molecule has 1 aromatic rings. The fourth-order valence-electron chi connectivity index (χ4n) is 1.55. The summed E-state index contributed by atoms with van der Waals surface area (Å²) in [6.45, 7) is 0.984. The summed E-state index contributed by atoms with van der Waals surface area (Å²) in [5, 5.41) is 5.76. The van der Waals surface area contributed by atoms with Crippen molar-refractivity contribution in [2.45, 2.75) is 13.5 Å². The Kier molecular flexibility index (Phi) is 6.72. The molecule has 0 aliphatic rings. The van der Waals surface area contributed by atoms with Crippen molar-refractivity contribution in [3.05, 3.63) is 23.8 Å². The van der Waals surface area contributed by atoms with Crippen LogP contribution in [0.2, 0.25) is 0 Å². The van der Waals surface area contributed by atoms with E-state index in [1.165, 1.54) is 25.3 Å². The van der Waals surface area contributed by atoms with Crippen molar-refractivity contribution in [2.24, 2.45) is 0 Å². The van der Waals surface area contributed by atoms with Crippen LogP contribution in [0.5, 0.6) is 11.5 Å². The molecule has 1 amide bonds. The van der Waals surface area contributed by atoms with E-state index in [1.807, 2.05) is 6.92 Å². The van der Waals surface area contributed by atoms with Crippen LogP contribution in [0.25, 0.3) is 0 Å². The number of carbonyl (C=O) groups excluding carboxylic acids is 1. The average molecular weight is 288 g/mol. The molecule has 7 heteroatoms. The first-order valence-corrected chi connectivity index (χ1v) is 6.20. The smallest absolute Gasteiger partial charge is 0.387 e. The Morgan fingerprint density at radius 3 is 2.65 bits per heavy atom. The second kappa shape index (κ2) is 8.31. The lowest BCUT2D eigenvalue weighted by Crippen LogP contribution is -2.31. The van der Waals surface area contributed by atoms with Crippen LogP contribution in [0.1, 0.15) is 17.3 Å². The molecule has 0 saturated carbocycles. The number of nitrogens with one attached hydrogen (secondary N) is 2. The predicted molar refractivity (Wildman–Crippen MR) is 70.5 cm³/mol. The Hall–Kier alpha value is -1.89. The highest BCUT2D eigenvalue weighted by Gasteiger charge is 2.13. The summed E-state index contributed by atoms with van der Waals surface area (Å²) in [5.41, 5.74) is 0.319. The summed E-state index contributed by atoms with van der Waals surface area (Å²) in [6, 6.07) is 4.05. The molecular weight excluding hydrogens is 270 g/mol. The summed E-state index contributed by atoms with van der Waals surface area (Å²) < 4.78 is 33.6. The molecule has 0 bridgehead atoms.